The lowest BCUT2D eigenvalue weighted by Gasteiger charge is -1.96. The lowest BCUT2D eigenvalue weighted by atomic mass is 10.6. The summed E-state index contributed by atoms with van der Waals surface area (Å²) in [5, 5.41) is 15.5. The molecule has 1 amide bonds. The van der Waals surface area contributed by atoms with Crippen molar-refractivity contribution < 1.29 is 4.79 Å². The van der Waals surface area contributed by atoms with Gasteiger partial charge in [0.05, 0.1) is 6.54 Å². The maximum atomic E-state index is 10.7. The van der Waals surface area contributed by atoms with Gasteiger partial charge in [-0.25, -0.2) is 0 Å². The van der Waals surface area contributed by atoms with Crippen molar-refractivity contribution in [2.75, 3.05) is 6.16 Å². The Kier molecular flexibility index (Phi) is 2.92. The van der Waals surface area contributed by atoms with Gasteiger partial charge in [-0.1, -0.05) is 5.21 Å². The van der Waals surface area contributed by atoms with Crippen LogP contribution in [-0.4, -0.2) is 32.7 Å². The highest BCUT2D eigenvalue weighted by Gasteiger charge is 1.99. The molecular formula is C4H8N5OP. The van der Waals surface area contributed by atoms with Crippen molar-refractivity contribution in [1.29, 1.82) is 0 Å². The highest BCUT2D eigenvalue weighted by molar-refractivity contribution is 7.18. The molecule has 2 N–H and O–H groups in total. The first-order chi connectivity index (χ1) is 5.33. The van der Waals surface area contributed by atoms with Crippen molar-refractivity contribution in [3.8, 4) is 0 Å². The molecule has 0 saturated carbocycles. The Hall–Kier alpha value is -1.03. The molecule has 1 heterocycles. The van der Waals surface area contributed by atoms with E-state index in [9.17, 15) is 4.79 Å². The summed E-state index contributed by atoms with van der Waals surface area (Å²) >= 11 is 0. The predicted octanol–water partition coefficient (Wildman–Crippen LogP) is -1.31. The summed E-state index contributed by atoms with van der Waals surface area (Å²) in [5.41, 5.74) is 0. The van der Waals surface area contributed by atoms with E-state index in [1.807, 2.05) is 0 Å². The van der Waals surface area contributed by atoms with Crippen LogP contribution in [0.4, 0.5) is 0 Å². The van der Waals surface area contributed by atoms with Gasteiger partial charge in [0.2, 0.25) is 5.91 Å². The SMILES string of the molecule is O=C(CP)NCc1nn[nH]n1. The Morgan fingerprint density at radius 3 is 3.09 bits per heavy atom. The number of tetrazole rings is 1. The lowest BCUT2D eigenvalue weighted by molar-refractivity contribution is -0.118. The summed E-state index contributed by atoms with van der Waals surface area (Å²) in [6, 6.07) is 0. The highest BCUT2D eigenvalue weighted by atomic mass is 31.0. The largest absolute Gasteiger partial charge is 0.348 e. The summed E-state index contributed by atoms with van der Waals surface area (Å²) in [4.78, 5) is 10.7. The van der Waals surface area contributed by atoms with Gasteiger partial charge >= 0.3 is 0 Å². The fourth-order valence-electron chi connectivity index (χ4n) is 0.507. The molecule has 6 nitrogen and oxygen atoms in total. The standard InChI is InChI=1S/C4H8N5OP/c10-4(2-11)5-1-3-6-8-9-7-3/h1-2,11H2,(H,5,10)(H,6,7,8,9). The summed E-state index contributed by atoms with van der Waals surface area (Å²) in [5.74, 6) is 0.427. The first kappa shape index (κ1) is 8.07. The second kappa shape index (κ2) is 3.98. The van der Waals surface area contributed by atoms with Crippen LogP contribution in [0.5, 0.6) is 0 Å². The van der Waals surface area contributed by atoms with Crippen LogP contribution < -0.4 is 5.32 Å². The average Bonchev–Trinajstić information content (AvgIpc) is 2.52. The van der Waals surface area contributed by atoms with E-state index in [-0.39, 0.29) is 5.91 Å². The maximum absolute atomic E-state index is 10.7. The second-order valence-corrected chi connectivity index (χ2v) is 2.22. The van der Waals surface area contributed by atoms with Crippen molar-refractivity contribution in [1.82, 2.24) is 25.9 Å². The third-order valence-corrected chi connectivity index (χ3v) is 1.39. The van der Waals surface area contributed by atoms with Gasteiger partial charge in [-0.2, -0.15) is 5.21 Å². The molecule has 1 aromatic heterocycles. The number of H-pyrrole nitrogens is 1. The van der Waals surface area contributed by atoms with Gasteiger partial charge in [0.1, 0.15) is 0 Å². The van der Waals surface area contributed by atoms with Crippen LogP contribution in [0, 0.1) is 0 Å². The number of amides is 1. The molecule has 0 aromatic carbocycles. The van der Waals surface area contributed by atoms with E-state index >= 15 is 0 Å². The number of carbonyl (C=O) groups is 1. The molecule has 0 fully saturated rings. The van der Waals surface area contributed by atoms with Crippen LogP contribution in [-0.2, 0) is 11.3 Å². The maximum Gasteiger partial charge on any atom is 0.224 e. The molecular weight excluding hydrogens is 165 g/mol. The molecule has 0 spiro atoms. The van der Waals surface area contributed by atoms with E-state index in [1.165, 1.54) is 0 Å². The van der Waals surface area contributed by atoms with E-state index in [2.05, 4.69) is 35.2 Å². The van der Waals surface area contributed by atoms with E-state index in [0.29, 0.717) is 18.5 Å². The molecule has 7 heteroatoms. The molecule has 0 aliphatic carbocycles. The third-order valence-electron chi connectivity index (χ3n) is 1.02. The summed E-state index contributed by atoms with van der Waals surface area (Å²) in [6.07, 6.45) is 0.387. The smallest absolute Gasteiger partial charge is 0.224 e. The number of nitrogens with zero attached hydrogens (tertiary/aromatic N) is 3. The van der Waals surface area contributed by atoms with E-state index in [4.69, 9.17) is 0 Å². The van der Waals surface area contributed by atoms with Crippen LogP contribution in [0.15, 0.2) is 0 Å². The minimum atomic E-state index is -0.0557. The molecule has 0 aliphatic heterocycles. The molecule has 0 aliphatic rings. The van der Waals surface area contributed by atoms with Gasteiger partial charge in [0.25, 0.3) is 0 Å². The van der Waals surface area contributed by atoms with E-state index in [1.54, 1.807) is 0 Å². The van der Waals surface area contributed by atoms with Gasteiger partial charge < -0.3 is 5.32 Å². The number of rotatable bonds is 3. The first-order valence-corrected chi connectivity index (χ1v) is 3.83. The fourth-order valence-corrected chi connectivity index (χ4v) is 0.652. The minimum absolute atomic E-state index is 0.0557. The monoisotopic (exact) mass is 173 g/mol. The van der Waals surface area contributed by atoms with Gasteiger partial charge in [0.15, 0.2) is 5.82 Å². The minimum Gasteiger partial charge on any atom is -0.348 e. The van der Waals surface area contributed by atoms with Gasteiger partial charge in [-0.05, 0) is 0 Å². The van der Waals surface area contributed by atoms with Crippen molar-refractivity contribution in [2.45, 2.75) is 6.54 Å². The average molecular weight is 173 g/mol. The molecule has 0 saturated heterocycles. The Balaban J connectivity index is 2.29. The molecule has 60 valence electrons. The quantitative estimate of drug-likeness (QED) is 0.556. The highest BCUT2D eigenvalue weighted by Crippen LogP contribution is 1.83. The van der Waals surface area contributed by atoms with Crippen molar-refractivity contribution in [3.05, 3.63) is 5.82 Å². The zero-order valence-corrected chi connectivity index (χ0v) is 6.90. The summed E-state index contributed by atoms with van der Waals surface area (Å²) in [7, 11) is 2.33. The Bertz CT molecular complexity index is 222. The zero-order valence-electron chi connectivity index (χ0n) is 5.74. The molecule has 1 unspecified atom stereocenters. The van der Waals surface area contributed by atoms with Gasteiger partial charge in [0, 0.05) is 6.16 Å². The third kappa shape index (κ3) is 2.59. The second-order valence-electron chi connectivity index (χ2n) is 1.81. The van der Waals surface area contributed by atoms with Crippen LogP contribution in [0.2, 0.25) is 0 Å². The first-order valence-electron chi connectivity index (χ1n) is 3.02. The molecule has 1 atom stereocenters. The number of hydrogen-bond acceptors (Lipinski definition) is 4. The van der Waals surface area contributed by atoms with E-state index < -0.39 is 0 Å². The number of aromatic amines is 1. The Labute approximate surface area is 65.3 Å². The fraction of sp³-hybridized carbons (Fsp3) is 0.500. The van der Waals surface area contributed by atoms with Crippen molar-refractivity contribution in [3.63, 3.8) is 0 Å². The van der Waals surface area contributed by atoms with Crippen LogP contribution >= 0.6 is 9.24 Å². The van der Waals surface area contributed by atoms with Crippen LogP contribution in [0.25, 0.3) is 0 Å². The molecule has 0 radical (unpaired) electrons. The molecule has 11 heavy (non-hydrogen) atoms. The number of nitrogens with one attached hydrogen (secondary N) is 2. The van der Waals surface area contributed by atoms with Crippen molar-refractivity contribution in [2.24, 2.45) is 0 Å². The van der Waals surface area contributed by atoms with Gasteiger partial charge in [-0.3, -0.25) is 4.79 Å². The lowest BCUT2D eigenvalue weighted by Crippen LogP contribution is -2.24. The number of carbonyl (C=O) groups excluding carboxylic acids is 1. The van der Waals surface area contributed by atoms with Crippen LogP contribution in [0.3, 0.4) is 0 Å². The molecule has 1 rings (SSSR count). The summed E-state index contributed by atoms with van der Waals surface area (Å²) in [6.45, 7) is 0.323. The Morgan fingerprint density at radius 2 is 2.55 bits per heavy atom. The van der Waals surface area contributed by atoms with Crippen LogP contribution in [0.1, 0.15) is 5.82 Å². The molecule has 0 bridgehead atoms. The van der Waals surface area contributed by atoms with E-state index in [0.717, 1.165) is 0 Å². The molecule has 1 aromatic rings. The Morgan fingerprint density at radius 1 is 1.73 bits per heavy atom. The zero-order chi connectivity index (χ0) is 8.10. The van der Waals surface area contributed by atoms with Gasteiger partial charge in [-0.15, -0.1) is 19.4 Å². The summed E-state index contributed by atoms with van der Waals surface area (Å²) < 4.78 is 0. The van der Waals surface area contributed by atoms with Crippen molar-refractivity contribution >= 4 is 15.1 Å². The topological polar surface area (TPSA) is 83.6 Å². The normalized spacial score (nSPS) is 9.55. The number of aromatic nitrogens is 4. The predicted molar refractivity (Wildman–Crippen MR) is 40.6 cm³/mol. The number of hydrogen-bond donors (Lipinski definition) is 2.